The van der Waals surface area contributed by atoms with Crippen LogP contribution in [0.15, 0.2) is 0 Å². The van der Waals surface area contributed by atoms with Gasteiger partial charge in [0, 0.05) is 5.41 Å². The Hall–Kier alpha value is -0.140. The second-order valence-electron chi connectivity index (χ2n) is 4.53. The van der Waals surface area contributed by atoms with E-state index in [0.29, 0.717) is 5.92 Å². The molecule has 2 saturated carbocycles. The zero-order valence-electron chi connectivity index (χ0n) is 7.58. The Labute approximate surface area is 72.3 Å². The summed E-state index contributed by atoms with van der Waals surface area (Å²) in [7, 11) is 0. The van der Waals surface area contributed by atoms with Crippen LogP contribution in [-0.4, -0.2) is 5.92 Å². The van der Waals surface area contributed by atoms with Crippen molar-refractivity contribution in [2.45, 2.75) is 51.4 Å². The Morgan fingerprint density at radius 3 is 2.00 bits per heavy atom. The maximum Gasteiger partial charge on any atom is 0.251 e. The van der Waals surface area contributed by atoms with Gasteiger partial charge in [0.15, 0.2) is 0 Å². The van der Waals surface area contributed by atoms with Gasteiger partial charge in [-0.2, -0.15) is 0 Å². The SMILES string of the molecule is CC(F)(F)C1(C2CC2)CCCC1. The first-order valence-electron chi connectivity index (χ1n) is 4.94. The van der Waals surface area contributed by atoms with Crippen molar-refractivity contribution in [3.63, 3.8) is 0 Å². The van der Waals surface area contributed by atoms with Gasteiger partial charge in [0.1, 0.15) is 0 Å². The molecule has 2 fully saturated rings. The van der Waals surface area contributed by atoms with E-state index in [1.54, 1.807) is 0 Å². The third-order valence-electron chi connectivity index (χ3n) is 3.73. The van der Waals surface area contributed by atoms with E-state index in [0.717, 1.165) is 45.4 Å². The fraction of sp³-hybridized carbons (Fsp3) is 1.00. The van der Waals surface area contributed by atoms with Crippen LogP contribution in [0.4, 0.5) is 8.78 Å². The highest BCUT2D eigenvalue weighted by Crippen LogP contribution is 2.61. The second kappa shape index (κ2) is 2.43. The van der Waals surface area contributed by atoms with Crippen LogP contribution in [0.2, 0.25) is 0 Å². The van der Waals surface area contributed by atoms with Gasteiger partial charge in [-0.15, -0.1) is 0 Å². The molecule has 0 spiro atoms. The molecule has 0 aliphatic heterocycles. The molecule has 0 heterocycles. The molecule has 2 rings (SSSR count). The molecule has 0 aromatic heterocycles. The molecule has 2 aliphatic rings. The van der Waals surface area contributed by atoms with Crippen LogP contribution in [0.25, 0.3) is 0 Å². The molecule has 0 atom stereocenters. The van der Waals surface area contributed by atoms with Gasteiger partial charge in [0.2, 0.25) is 0 Å². The summed E-state index contributed by atoms with van der Waals surface area (Å²) in [4.78, 5) is 0. The summed E-state index contributed by atoms with van der Waals surface area (Å²) in [6, 6.07) is 0. The first-order chi connectivity index (χ1) is 5.56. The molecule has 12 heavy (non-hydrogen) atoms. The minimum Gasteiger partial charge on any atom is -0.207 e. The van der Waals surface area contributed by atoms with Crippen molar-refractivity contribution in [1.29, 1.82) is 0 Å². The third kappa shape index (κ3) is 1.07. The highest BCUT2D eigenvalue weighted by Gasteiger charge is 2.58. The van der Waals surface area contributed by atoms with Gasteiger partial charge in [-0.05, 0) is 38.5 Å². The summed E-state index contributed by atoms with van der Waals surface area (Å²) in [6.45, 7) is 1.12. The Balaban J connectivity index is 2.21. The van der Waals surface area contributed by atoms with Crippen molar-refractivity contribution in [2.75, 3.05) is 0 Å². The standard InChI is InChI=1S/C10H16F2/c1-9(11,12)10(8-4-5-8)6-2-3-7-10/h8H,2-7H2,1H3. The lowest BCUT2D eigenvalue weighted by molar-refractivity contribution is -0.116. The van der Waals surface area contributed by atoms with E-state index in [1.165, 1.54) is 0 Å². The molecule has 2 heteroatoms. The van der Waals surface area contributed by atoms with E-state index in [-0.39, 0.29) is 0 Å². The van der Waals surface area contributed by atoms with E-state index in [2.05, 4.69) is 0 Å². The van der Waals surface area contributed by atoms with Crippen LogP contribution in [0.3, 0.4) is 0 Å². The number of rotatable bonds is 2. The third-order valence-corrected chi connectivity index (χ3v) is 3.73. The average molecular weight is 174 g/mol. The Bertz CT molecular complexity index is 171. The molecule has 0 nitrogen and oxygen atoms in total. The summed E-state index contributed by atoms with van der Waals surface area (Å²) < 4.78 is 26.7. The molecule has 0 unspecified atom stereocenters. The van der Waals surface area contributed by atoms with Crippen LogP contribution in [0.5, 0.6) is 0 Å². The van der Waals surface area contributed by atoms with Crippen LogP contribution >= 0.6 is 0 Å². The summed E-state index contributed by atoms with van der Waals surface area (Å²) in [5, 5.41) is 0. The van der Waals surface area contributed by atoms with Gasteiger partial charge in [-0.3, -0.25) is 0 Å². The normalized spacial score (nSPS) is 29.2. The molecule has 0 saturated heterocycles. The van der Waals surface area contributed by atoms with Crippen molar-refractivity contribution in [2.24, 2.45) is 11.3 Å². The summed E-state index contributed by atoms with van der Waals surface area (Å²) in [5.41, 5.74) is -0.590. The fourth-order valence-electron chi connectivity index (χ4n) is 2.85. The summed E-state index contributed by atoms with van der Waals surface area (Å²) >= 11 is 0. The molecule has 0 aromatic carbocycles. The van der Waals surface area contributed by atoms with Gasteiger partial charge in [-0.1, -0.05) is 12.8 Å². The van der Waals surface area contributed by atoms with Gasteiger partial charge >= 0.3 is 0 Å². The zero-order valence-corrected chi connectivity index (χ0v) is 7.58. The van der Waals surface area contributed by atoms with Gasteiger partial charge in [0.05, 0.1) is 0 Å². The largest absolute Gasteiger partial charge is 0.251 e. The summed E-state index contributed by atoms with van der Waals surface area (Å²) in [5.74, 6) is -2.09. The topological polar surface area (TPSA) is 0 Å². The van der Waals surface area contributed by atoms with Crippen molar-refractivity contribution in [1.82, 2.24) is 0 Å². The fourth-order valence-corrected chi connectivity index (χ4v) is 2.85. The Morgan fingerprint density at radius 1 is 1.17 bits per heavy atom. The lowest BCUT2D eigenvalue weighted by atomic mass is 9.75. The van der Waals surface area contributed by atoms with E-state index >= 15 is 0 Å². The highest BCUT2D eigenvalue weighted by atomic mass is 19.3. The zero-order chi connectivity index (χ0) is 8.82. The van der Waals surface area contributed by atoms with Gasteiger partial charge < -0.3 is 0 Å². The van der Waals surface area contributed by atoms with Crippen LogP contribution in [0, 0.1) is 11.3 Å². The number of hydrogen-bond donors (Lipinski definition) is 0. The molecular formula is C10H16F2. The minimum absolute atomic E-state index is 0.347. The van der Waals surface area contributed by atoms with Crippen LogP contribution in [-0.2, 0) is 0 Å². The number of halogens is 2. The molecule has 0 radical (unpaired) electrons. The highest BCUT2D eigenvalue weighted by molar-refractivity contribution is 5.03. The van der Waals surface area contributed by atoms with Crippen molar-refractivity contribution in [3.8, 4) is 0 Å². The molecule has 0 bridgehead atoms. The van der Waals surface area contributed by atoms with Gasteiger partial charge in [-0.25, -0.2) is 8.78 Å². The van der Waals surface area contributed by atoms with Crippen LogP contribution in [0.1, 0.15) is 45.4 Å². The smallest absolute Gasteiger partial charge is 0.207 e. The van der Waals surface area contributed by atoms with Crippen molar-refractivity contribution < 1.29 is 8.78 Å². The first kappa shape index (κ1) is 8.46. The Morgan fingerprint density at radius 2 is 1.67 bits per heavy atom. The first-order valence-corrected chi connectivity index (χ1v) is 4.94. The monoisotopic (exact) mass is 174 g/mol. The molecule has 2 aliphatic carbocycles. The molecule has 0 aromatic rings. The van der Waals surface area contributed by atoms with Crippen molar-refractivity contribution in [3.05, 3.63) is 0 Å². The maximum absolute atomic E-state index is 13.4. The van der Waals surface area contributed by atoms with E-state index < -0.39 is 11.3 Å². The minimum atomic E-state index is -2.44. The quantitative estimate of drug-likeness (QED) is 0.600. The maximum atomic E-state index is 13.4. The number of hydrogen-bond acceptors (Lipinski definition) is 0. The van der Waals surface area contributed by atoms with E-state index in [9.17, 15) is 8.78 Å². The predicted octanol–water partition coefficient (Wildman–Crippen LogP) is 3.61. The number of alkyl halides is 2. The van der Waals surface area contributed by atoms with Crippen LogP contribution < -0.4 is 0 Å². The predicted molar refractivity (Wildman–Crippen MR) is 44.2 cm³/mol. The van der Waals surface area contributed by atoms with E-state index in [1.807, 2.05) is 0 Å². The molecule has 70 valence electrons. The molecular weight excluding hydrogens is 158 g/mol. The summed E-state index contributed by atoms with van der Waals surface area (Å²) in [6.07, 6.45) is 5.65. The van der Waals surface area contributed by atoms with Gasteiger partial charge in [0.25, 0.3) is 5.92 Å². The second-order valence-corrected chi connectivity index (χ2v) is 4.53. The lowest BCUT2D eigenvalue weighted by Crippen LogP contribution is -2.38. The molecule has 0 amide bonds. The lowest BCUT2D eigenvalue weighted by Gasteiger charge is -2.35. The Kier molecular flexibility index (Phi) is 1.71. The van der Waals surface area contributed by atoms with Crippen molar-refractivity contribution >= 4 is 0 Å². The average Bonchev–Trinajstić information content (AvgIpc) is 2.67. The van der Waals surface area contributed by atoms with E-state index in [4.69, 9.17) is 0 Å². The molecule has 0 N–H and O–H groups in total.